The second kappa shape index (κ2) is 5.51. The van der Waals surface area contributed by atoms with Crippen LogP contribution in [0.25, 0.3) is 22.1 Å². The number of fused-ring (bicyclic) bond motifs is 3. The van der Waals surface area contributed by atoms with Gasteiger partial charge in [0.2, 0.25) is 5.71 Å². The molecule has 0 unspecified atom stereocenters. The van der Waals surface area contributed by atoms with Crippen LogP contribution in [0.5, 0.6) is 0 Å². The summed E-state index contributed by atoms with van der Waals surface area (Å²) < 4.78 is 6.21. The minimum Gasteiger partial charge on any atom is -0.435 e. The molecule has 3 heterocycles. The van der Waals surface area contributed by atoms with Crippen LogP contribution in [-0.4, -0.2) is 22.6 Å². The summed E-state index contributed by atoms with van der Waals surface area (Å²) >= 11 is 0. The normalized spacial score (nSPS) is 18.3. The SMILES string of the molecule is Cc1ccc2c(n1)oc1c(N3C=CN(C4CCCC4)C3)c(C)ccc12. The molecule has 0 saturated heterocycles. The van der Waals surface area contributed by atoms with E-state index in [-0.39, 0.29) is 0 Å². The molecule has 4 heteroatoms. The van der Waals surface area contributed by atoms with Crippen LogP contribution in [0, 0.1) is 13.8 Å². The minimum absolute atomic E-state index is 0.695. The first-order chi connectivity index (χ1) is 12.2. The quantitative estimate of drug-likeness (QED) is 0.654. The maximum Gasteiger partial charge on any atom is 0.227 e. The molecule has 1 saturated carbocycles. The third-order valence-electron chi connectivity index (χ3n) is 5.66. The Morgan fingerprint density at radius 3 is 2.64 bits per heavy atom. The van der Waals surface area contributed by atoms with Gasteiger partial charge >= 0.3 is 0 Å². The Balaban J connectivity index is 1.60. The summed E-state index contributed by atoms with van der Waals surface area (Å²) in [5.41, 5.74) is 5.08. The molecule has 2 aromatic heterocycles. The molecule has 1 aliphatic heterocycles. The molecule has 0 atom stereocenters. The first-order valence-corrected chi connectivity index (χ1v) is 9.21. The number of pyridine rings is 1. The van der Waals surface area contributed by atoms with E-state index in [2.05, 4.69) is 58.4 Å². The second-order valence-corrected chi connectivity index (χ2v) is 7.38. The van der Waals surface area contributed by atoms with Gasteiger partial charge in [-0.15, -0.1) is 0 Å². The molecular weight excluding hydrogens is 310 g/mol. The molecular formula is C21H23N3O. The van der Waals surface area contributed by atoms with Crippen molar-refractivity contribution < 1.29 is 4.42 Å². The van der Waals surface area contributed by atoms with E-state index in [1.807, 2.05) is 6.92 Å². The number of benzene rings is 1. The third-order valence-corrected chi connectivity index (χ3v) is 5.66. The molecule has 0 spiro atoms. The Labute approximate surface area is 147 Å². The highest BCUT2D eigenvalue weighted by Crippen LogP contribution is 2.38. The van der Waals surface area contributed by atoms with E-state index in [0.717, 1.165) is 34.4 Å². The van der Waals surface area contributed by atoms with Gasteiger partial charge in [-0.05, 0) is 44.4 Å². The zero-order valence-electron chi connectivity index (χ0n) is 14.8. The smallest absolute Gasteiger partial charge is 0.227 e. The lowest BCUT2D eigenvalue weighted by atomic mass is 10.1. The van der Waals surface area contributed by atoms with Crippen LogP contribution in [0.1, 0.15) is 36.9 Å². The van der Waals surface area contributed by atoms with E-state index < -0.39 is 0 Å². The summed E-state index contributed by atoms with van der Waals surface area (Å²) in [7, 11) is 0. The van der Waals surface area contributed by atoms with Crippen LogP contribution in [0.2, 0.25) is 0 Å². The van der Waals surface area contributed by atoms with Gasteiger partial charge < -0.3 is 14.2 Å². The van der Waals surface area contributed by atoms with E-state index in [1.165, 1.54) is 36.9 Å². The fraction of sp³-hybridized carbons (Fsp3) is 0.381. The highest BCUT2D eigenvalue weighted by molar-refractivity contribution is 6.08. The molecule has 1 aromatic carbocycles. The average Bonchev–Trinajstić information content (AvgIpc) is 3.33. The summed E-state index contributed by atoms with van der Waals surface area (Å²) in [6.45, 7) is 5.07. The molecule has 0 bridgehead atoms. The number of aromatic nitrogens is 1. The highest BCUT2D eigenvalue weighted by Gasteiger charge is 2.27. The molecule has 4 nitrogen and oxygen atoms in total. The molecule has 1 fully saturated rings. The molecule has 0 amide bonds. The minimum atomic E-state index is 0.695. The number of nitrogens with zero attached hydrogens (tertiary/aromatic N) is 3. The van der Waals surface area contributed by atoms with Crippen LogP contribution in [0.4, 0.5) is 5.69 Å². The van der Waals surface area contributed by atoms with E-state index in [1.54, 1.807) is 0 Å². The zero-order valence-corrected chi connectivity index (χ0v) is 14.8. The Bertz CT molecular complexity index is 982. The van der Waals surface area contributed by atoms with Gasteiger partial charge in [-0.25, -0.2) is 4.98 Å². The van der Waals surface area contributed by atoms with Crippen molar-refractivity contribution in [2.45, 2.75) is 45.6 Å². The van der Waals surface area contributed by atoms with Gasteiger partial charge in [-0.2, -0.15) is 0 Å². The number of rotatable bonds is 2. The molecule has 0 N–H and O–H groups in total. The molecule has 5 rings (SSSR count). The molecule has 1 aliphatic carbocycles. The predicted octanol–water partition coefficient (Wildman–Crippen LogP) is 5.09. The maximum atomic E-state index is 6.21. The van der Waals surface area contributed by atoms with Gasteiger partial charge in [0.1, 0.15) is 0 Å². The van der Waals surface area contributed by atoms with Crippen molar-refractivity contribution in [2.75, 3.05) is 11.6 Å². The molecule has 2 aliphatic rings. The van der Waals surface area contributed by atoms with E-state index in [0.29, 0.717) is 6.04 Å². The molecule has 25 heavy (non-hydrogen) atoms. The van der Waals surface area contributed by atoms with Crippen LogP contribution < -0.4 is 4.90 Å². The van der Waals surface area contributed by atoms with Gasteiger partial charge in [0, 0.05) is 34.9 Å². The number of hydrogen-bond acceptors (Lipinski definition) is 4. The average molecular weight is 333 g/mol. The van der Waals surface area contributed by atoms with Gasteiger partial charge in [0.25, 0.3) is 0 Å². The second-order valence-electron chi connectivity index (χ2n) is 7.38. The summed E-state index contributed by atoms with van der Waals surface area (Å²) in [4.78, 5) is 9.38. The lowest BCUT2D eigenvalue weighted by Gasteiger charge is -2.27. The van der Waals surface area contributed by atoms with Crippen molar-refractivity contribution in [2.24, 2.45) is 0 Å². The Kier molecular flexibility index (Phi) is 3.27. The highest BCUT2D eigenvalue weighted by atomic mass is 16.3. The zero-order chi connectivity index (χ0) is 17.0. The fourth-order valence-electron chi connectivity index (χ4n) is 4.31. The van der Waals surface area contributed by atoms with Crippen molar-refractivity contribution in [3.8, 4) is 0 Å². The topological polar surface area (TPSA) is 32.5 Å². The van der Waals surface area contributed by atoms with Crippen molar-refractivity contribution in [1.29, 1.82) is 0 Å². The van der Waals surface area contributed by atoms with Gasteiger partial charge in [-0.3, -0.25) is 0 Å². The van der Waals surface area contributed by atoms with Gasteiger partial charge in [0.05, 0.1) is 12.4 Å². The lowest BCUT2D eigenvalue weighted by molar-refractivity contribution is 0.301. The van der Waals surface area contributed by atoms with Crippen molar-refractivity contribution >= 4 is 27.8 Å². The summed E-state index contributed by atoms with van der Waals surface area (Å²) in [5.74, 6) is 0. The molecule has 0 radical (unpaired) electrons. The van der Waals surface area contributed by atoms with Crippen LogP contribution >= 0.6 is 0 Å². The first-order valence-electron chi connectivity index (χ1n) is 9.21. The summed E-state index contributed by atoms with van der Waals surface area (Å²) in [6, 6.07) is 9.21. The molecule has 3 aromatic rings. The summed E-state index contributed by atoms with van der Waals surface area (Å²) in [6.07, 6.45) is 9.80. The lowest BCUT2D eigenvalue weighted by Crippen LogP contribution is -2.32. The standard InChI is InChI=1S/C21H23N3O/c1-14-7-9-17-18-10-8-15(2)22-21(18)25-20(17)19(14)24-12-11-23(13-24)16-5-3-4-6-16/h7-12,16H,3-6,13H2,1-2H3. The van der Waals surface area contributed by atoms with Crippen molar-refractivity contribution in [1.82, 2.24) is 9.88 Å². The maximum absolute atomic E-state index is 6.21. The number of hydrogen-bond donors (Lipinski definition) is 0. The van der Waals surface area contributed by atoms with Gasteiger partial charge in [-0.1, -0.05) is 25.0 Å². The van der Waals surface area contributed by atoms with Crippen LogP contribution in [0.15, 0.2) is 41.1 Å². The Morgan fingerprint density at radius 2 is 1.80 bits per heavy atom. The number of anilines is 1. The van der Waals surface area contributed by atoms with Crippen LogP contribution in [0.3, 0.4) is 0 Å². The number of furan rings is 1. The largest absolute Gasteiger partial charge is 0.435 e. The summed E-state index contributed by atoms with van der Waals surface area (Å²) in [5, 5.41) is 2.24. The molecule has 128 valence electrons. The predicted molar refractivity (Wildman–Crippen MR) is 102 cm³/mol. The van der Waals surface area contributed by atoms with E-state index >= 15 is 0 Å². The monoisotopic (exact) mass is 333 g/mol. The number of aryl methyl sites for hydroxylation is 2. The first kappa shape index (κ1) is 14.8. The van der Waals surface area contributed by atoms with Gasteiger partial charge in [0.15, 0.2) is 5.58 Å². The third kappa shape index (κ3) is 2.31. The Morgan fingerprint density at radius 1 is 1.00 bits per heavy atom. The Hall–Kier alpha value is -2.49. The fourth-order valence-corrected chi connectivity index (χ4v) is 4.31. The van der Waals surface area contributed by atoms with Crippen LogP contribution in [-0.2, 0) is 0 Å². The van der Waals surface area contributed by atoms with E-state index in [4.69, 9.17) is 4.42 Å². The van der Waals surface area contributed by atoms with Crippen molar-refractivity contribution in [3.63, 3.8) is 0 Å². The van der Waals surface area contributed by atoms with E-state index in [9.17, 15) is 0 Å². The van der Waals surface area contributed by atoms with Crippen molar-refractivity contribution in [3.05, 3.63) is 47.9 Å².